The van der Waals surface area contributed by atoms with Gasteiger partial charge in [0.1, 0.15) is 0 Å². The van der Waals surface area contributed by atoms with Crippen molar-refractivity contribution in [3.05, 3.63) is 0 Å². The molecule has 0 atom stereocenters. The lowest BCUT2D eigenvalue weighted by atomic mass is 10.4. The number of hydrogen-bond donors (Lipinski definition) is 1. The van der Waals surface area contributed by atoms with Crippen LogP contribution in [0.1, 0.15) is 0 Å². The molecule has 0 aromatic carbocycles. The van der Waals surface area contributed by atoms with Crippen LogP contribution in [0.15, 0.2) is 0 Å². The third kappa shape index (κ3) is 1.11. The molecule has 8 heavy (non-hydrogen) atoms. The van der Waals surface area contributed by atoms with Crippen LogP contribution in [0.4, 0.5) is 0 Å². The minimum atomic E-state index is 0.872. The molecule has 1 fully saturated rings. The molecule has 1 heterocycles. The highest BCUT2D eigenvalue weighted by atomic mass is 15.2. The molecule has 1 rings (SSSR count). The van der Waals surface area contributed by atoms with Gasteiger partial charge in [-0.05, 0) is 0 Å². The quantitative estimate of drug-likeness (QED) is 0.423. The summed E-state index contributed by atoms with van der Waals surface area (Å²) >= 11 is 0. The van der Waals surface area contributed by atoms with E-state index < -0.39 is 0 Å². The molecule has 44 valence electrons. The maximum absolute atomic E-state index is 8.34. The van der Waals surface area contributed by atoms with E-state index in [9.17, 15) is 0 Å². The predicted molar refractivity (Wildman–Crippen MR) is 30.1 cm³/mol. The minimum absolute atomic E-state index is 0.872. The van der Waals surface area contributed by atoms with Crippen molar-refractivity contribution in [1.29, 1.82) is 5.26 Å². The summed E-state index contributed by atoms with van der Waals surface area (Å²) in [5.74, 6) is 0. The molecule has 0 spiro atoms. The van der Waals surface area contributed by atoms with Gasteiger partial charge in [0.05, 0.1) is 0 Å². The lowest BCUT2D eigenvalue weighted by Crippen LogP contribution is -2.40. The van der Waals surface area contributed by atoms with Crippen LogP contribution < -0.4 is 5.32 Å². The van der Waals surface area contributed by atoms with Gasteiger partial charge >= 0.3 is 0 Å². The highest BCUT2D eigenvalue weighted by Gasteiger charge is 2.04. The maximum atomic E-state index is 8.34. The predicted octanol–water partition coefficient (Wildman–Crippen LogP) is -0.627. The van der Waals surface area contributed by atoms with E-state index in [4.69, 9.17) is 5.26 Å². The number of nitriles is 1. The summed E-state index contributed by atoms with van der Waals surface area (Å²) < 4.78 is 0. The molecule has 0 bridgehead atoms. The fraction of sp³-hybridized carbons (Fsp3) is 0.800. The molecule has 0 aromatic rings. The number of hydrogen-bond acceptors (Lipinski definition) is 3. The first-order chi connectivity index (χ1) is 3.93. The van der Waals surface area contributed by atoms with Gasteiger partial charge in [0.15, 0.2) is 6.19 Å². The second-order valence-electron chi connectivity index (χ2n) is 1.84. The molecule has 0 saturated carbocycles. The molecule has 0 amide bonds. The SMILES string of the molecule is N#CN1CCNCC1. The monoisotopic (exact) mass is 111 g/mol. The van der Waals surface area contributed by atoms with E-state index >= 15 is 0 Å². The van der Waals surface area contributed by atoms with Crippen molar-refractivity contribution in [3.63, 3.8) is 0 Å². The molecule has 0 unspecified atom stereocenters. The van der Waals surface area contributed by atoms with Gasteiger partial charge in [-0.15, -0.1) is 0 Å². The van der Waals surface area contributed by atoms with Gasteiger partial charge in [0.2, 0.25) is 0 Å². The second kappa shape index (κ2) is 2.53. The standard InChI is InChI=1S/C5H9N3/c6-5-8-3-1-7-2-4-8/h7H,1-4H2. The Morgan fingerprint density at radius 2 is 2.00 bits per heavy atom. The number of nitrogens with one attached hydrogen (secondary N) is 1. The molecule has 1 aliphatic heterocycles. The molecule has 1 aliphatic rings. The van der Waals surface area contributed by atoms with Gasteiger partial charge in [0, 0.05) is 26.2 Å². The summed E-state index contributed by atoms with van der Waals surface area (Å²) in [5, 5.41) is 11.5. The Morgan fingerprint density at radius 1 is 1.38 bits per heavy atom. The Balaban J connectivity index is 2.25. The fourth-order valence-corrected chi connectivity index (χ4v) is 0.765. The van der Waals surface area contributed by atoms with Gasteiger partial charge in [-0.25, -0.2) is 0 Å². The van der Waals surface area contributed by atoms with E-state index in [0.717, 1.165) is 26.2 Å². The third-order valence-corrected chi connectivity index (χ3v) is 1.26. The highest BCUT2D eigenvalue weighted by Crippen LogP contribution is 1.86. The van der Waals surface area contributed by atoms with Crippen LogP contribution in [-0.4, -0.2) is 31.1 Å². The molecule has 0 radical (unpaired) electrons. The lowest BCUT2D eigenvalue weighted by Gasteiger charge is -2.20. The summed E-state index contributed by atoms with van der Waals surface area (Å²) in [5.41, 5.74) is 0. The molecule has 1 saturated heterocycles. The normalized spacial score (nSPS) is 20.1. The molecule has 1 N–H and O–H groups in total. The van der Waals surface area contributed by atoms with Crippen LogP contribution in [0.2, 0.25) is 0 Å². The Bertz CT molecular complexity index is 98.7. The van der Waals surface area contributed by atoms with Gasteiger partial charge in [0.25, 0.3) is 0 Å². The van der Waals surface area contributed by atoms with Gasteiger partial charge in [-0.1, -0.05) is 0 Å². The van der Waals surface area contributed by atoms with E-state index in [0.29, 0.717) is 0 Å². The van der Waals surface area contributed by atoms with Crippen LogP contribution in [0, 0.1) is 11.5 Å². The van der Waals surface area contributed by atoms with Crippen molar-refractivity contribution in [2.24, 2.45) is 0 Å². The van der Waals surface area contributed by atoms with Crippen LogP contribution in [0.3, 0.4) is 0 Å². The summed E-state index contributed by atoms with van der Waals surface area (Å²) in [7, 11) is 0. The molecular formula is C5H9N3. The van der Waals surface area contributed by atoms with Crippen molar-refractivity contribution in [1.82, 2.24) is 10.2 Å². The zero-order valence-electron chi connectivity index (χ0n) is 4.72. The van der Waals surface area contributed by atoms with Gasteiger partial charge < -0.3 is 10.2 Å². The topological polar surface area (TPSA) is 39.1 Å². The van der Waals surface area contributed by atoms with Crippen LogP contribution in [0.25, 0.3) is 0 Å². The molecular weight excluding hydrogens is 102 g/mol. The van der Waals surface area contributed by atoms with Crippen molar-refractivity contribution >= 4 is 0 Å². The maximum Gasteiger partial charge on any atom is 0.179 e. The Morgan fingerprint density at radius 3 is 2.38 bits per heavy atom. The van der Waals surface area contributed by atoms with Crippen molar-refractivity contribution in [2.75, 3.05) is 26.2 Å². The Hall–Kier alpha value is -0.750. The molecule has 3 nitrogen and oxygen atoms in total. The summed E-state index contributed by atoms with van der Waals surface area (Å²) in [6.45, 7) is 3.65. The highest BCUT2D eigenvalue weighted by molar-refractivity contribution is 4.78. The van der Waals surface area contributed by atoms with Crippen molar-refractivity contribution in [2.45, 2.75) is 0 Å². The summed E-state index contributed by atoms with van der Waals surface area (Å²) in [4.78, 5) is 1.76. The average molecular weight is 111 g/mol. The summed E-state index contributed by atoms with van der Waals surface area (Å²) in [6.07, 6.45) is 2.10. The van der Waals surface area contributed by atoms with Crippen LogP contribution in [-0.2, 0) is 0 Å². The number of rotatable bonds is 0. The second-order valence-corrected chi connectivity index (χ2v) is 1.84. The lowest BCUT2D eigenvalue weighted by molar-refractivity contribution is 0.337. The first kappa shape index (κ1) is 5.39. The Kier molecular flexibility index (Phi) is 1.70. The molecule has 0 aliphatic carbocycles. The van der Waals surface area contributed by atoms with E-state index in [1.807, 2.05) is 0 Å². The smallest absolute Gasteiger partial charge is 0.179 e. The largest absolute Gasteiger partial charge is 0.313 e. The van der Waals surface area contributed by atoms with E-state index in [2.05, 4.69) is 11.5 Å². The molecule has 0 aromatic heterocycles. The van der Waals surface area contributed by atoms with Crippen molar-refractivity contribution in [3.8, 4) is 6.19 Å². The van der Waals surface area contributed by atoms with E-state index in [1.54, 1.807) is 4.90 Å². The first-order valence-electron chi connectivity index (χ1n) is 2.79. The van der Waals surface area contributed by atoms with E-state index in [1.165, 1.54) is 0 Å². The Labute approximate surface area is 48.9 Å². The first-order valence-corrected chi connectivity index (χ1v) is 2.79. The van der Waals surface area contributed by atoms with E-state index in [-0.39, 0.29) is 0 Å². The van der Waals surface area contributed by atoms with Gasteiger partial charge in [-0.2, -0.15) is 5.26 Å². The minimum Gasteiger partial charge on any atom is -0.313 e. The number of piperazine rings is 1. The zero-order valence-corrected chi connectivity index (χ0v) is 4.72. The van der Waals surface area contributed by atoms with Gasteiger partial charge in [-0.3, -0.25) is 0 Å². The number of nitrogens with zero attached hydrogens (tertiary/aromatic N) is 2. The zero-order chi connectivity index (χ0) is 5.82. The van der Waals surface area contributed by atoms with Crippen LogP contribution in [0.5, 0.6) is 0 Å². The van der Waals surface area contributed by atoms with Crippen LogP contribution >= 0.6 is 0 Å². The molecule has 3 heteroatoms. The average Bonchev–Trinajstić information content (AvgIpc) is 1.90. The third-order valence-electron chi connectivity index (χ3n) is 1.26. The summed E-state index contributed by atoms with van der Waals surface area (Å²) in [6, 6.07) is 0. The fourth-order valence-electron chi connectivity index (χ4n) is 0.765. The van der Waals surface area contributed by atoms with Crippen molar-refractivity contribution < 1.29 is 0 Å².